The highest BCUT2D eigenvalue weighted by molar-refractivity contribution is 5.98. The number of non-ortho nitro benzene ring substituents is 1. The van der Waals surface area contributed by atoms with E-state index in [0.29, 0.717) is 0 Å². The molecule has 0 fully saturated rings. The van der Waals surface area contributed by atoms with Crippen LogP contribution in [0, 0.1) is 10.1 Å². The number of nitrogens with zero attached hydrogens (tertiary/aromatic N) is 2. The SMILES string of the molecule is CN(CCC(F)(F)F)CC(=O)c1cccc([N+](=O)[O-])c1. The molecule has 0 aliphatic carbocycles. The fraction of sp³-hybridized carbons (Fsp3) is 0.417. The molecule has 0 aliphatic heterocycles. The van der Waals surface area contributed by atoms with Gasteiger partial charge in [-0.2, -0.15) is 13.2 Å². The summed E-state index contributed by atoms with van der Waals surface area (Å²) in [6.07, 6.45) is -5.28. The Kier molecular flexibility index (Phi) is 5.20. The molecule has 20 heavy (non-hydrogen) atoms. The molecule has 5 nitrogen and oxygen atoms in total. The smallest absolute Gasteiger partial charge is 0.299 e. The minimum atomic E-state index is -4.27. The van der Waals surface area contributed by atoms with Crippen LogP contribution in [-0.2, 0) is 0 Å². The minimum absolute atomic E-state index is 0.109. The highest BCUT2D eigenvalue weighted by Crippen LogP contribution is 2.19. The van der Waals surface area contributed by atoms with Crippen LogP contribution in [0.15, 0.2) is 24.3 Å². The van der Waals surface area contributed by atoms with Gasteiger partial charge < -0.3 is 0 Å². The van der Waals surface area contributed by atoms with Crippen molar-refractivity contribution >= 4 is 11.5 Å². The first-order valence-electron chi connectivity index (χ1n) is 5.72. The van der Waals surface area contributed by atoms with Crippen LogP contribution >= 0.6 is 0 Å². The van der Waals surface area contributed by atoms with Gasteiger partial charge in [0.1, 0.15) is 0 Å². The number of alkyl halides is 3. The average Bonchev–Trinajstić information content (AvgIpc) is 2.35. The van der Waals surface area contributed by atoms with Gasteiger partial charge in [0.15, 0.2) is 5.78 Å². The van der Waals surface area contributed by atoms with Crippen molar-refractivity contribution in [3.63, 3.8) is 0 Å². The molecule has 0 radical (unpaired) electrons. The number of halogens is 3. The molecule has 0 saturated heterocycles. The fourth-order valence-corrected chi connectivity index (χ4v) is 1.53. The van der Waals surface area contributed by atoms with E-state index in [1.54, 1.807) is 0 Å². The normalized spacial score (nSPS) is 11.7. The van der Waals surface area contributed by atoms with Crippen LogP contribution in [0.2, 0.25) is 0 Å². The molecule has 110 valence electrons. The van der Waals surface area contributed by atoms with Gasteiger partial charge in [-0.3, -0.25) is 19.8 Å². The summed E-state index contributed by atoms with van der Waals surface area (Å²) in [7, 11) is 1.39. The molecule has 0 spiro atoms. The summed E-state index contributed by atoms with van der Waals surface area (Å²) in [4.78, 5) is 23.0. The van der Waals surface area contributed by atoms with E-state index in [4.69, 9.17) is 0 Å². The molecule has 8 heteroatoms. The second-order valence-electron chi connectivity index (χ2n) is 4.33. The number of rotatable bonds is 6. The molecule has 0 N–H and O–H groups in total. The molecular formula is C12H13F3N2O3. The number of nitro benzene ring substituents is 1. The molecule has 1 aromatic rings. The number of Topliss-reactive ketones (excluding diaryl/α,β-unsaturated/α-hetero) is 1. The lowest BCUT2D eigenvalue weighted by Crippen LogP contribution is -2.29. The zero-order valence-corrected chi connectivity index (χ0v) is 10.7. The number of ketones is 1. The Hall–Kier alpha value is -1.96. The van der Waals surface area contributed by atoms with Gasteiger partial charge in [-0.05, 0) is 7.05 Å². The van der Waals surface area contributed by atoms with Crippen molar-refractivity contribution in [3.8, 4) is 0 Å². The summed E-state index contributed by atoms with van der Waals surface area (Å²) in [5, 5.41) is 10.6. The summed E-state index contributed by atoms with van der Waals surface area (Å²) in [5.74, 6) is -0.460. The van der Waals surface area contributed by atoms with Crippen LogP contribution in [-0.4, -0.2) is 41.9 Å². The third-order valence-electron chi connectivity index (χ3n) is 2.57. The van der Waals surface area contributed by atoms with Crippen LogP contribution in [0.3, 0.4) is 0 Å². The Morgan fingerprint density at radius 1 is 1.40 bits per heavy atom. The maximum absolute atomic E-state index is 12.0. The summed E-state index contributed by atoms with van der Waals surface area (Å²) >= 11 is 0. The number of hydrogen-bond acceptors (Lipinski definition) is 4. The van der Waals surface area contributed by atoms with Crippen LogP contribution in [0.25, 0.3) is 0 Å². The lowest BCUT2D eigenvalue weighted by Gasteiger charge is -2.16. The Balaban J connectivity index is 2.62. The topological polar surface area (TPSA) is 63.5 Å². The Morgan fingerprint density at radius 2 is 2.05 bits per heavy atom. The first kappa shape index (κ1) is 16.1. The maximum Gasteiger partial charge on any atom is 0.390 e. The molecule has 0 saturated carbocycles. The Bertz CT molecular complexity index is 503. The molecule has 0 aromatic heterocycles. The Labute approximate surface area is 113 Å². The third-order valence-corrected chi connectivity index (χ3v) is 2.57. The summed E-state index contributed by atoms with van der Waals surface area (Å²) in [5.41, 5.74) is -0.119. The Morgan fingerprint density at radius 3 is 2.60 bits per heavy atom. The summed E-state index contributed by atoms with van der Waals surface area (Å²) in [6.45, 7) is -0.526. The highest BCUT2D eigenvalue weighted by Gasteiger charge is 2.27. The van der Waals surface area contributed by atoms with E-state index in [1.165, 1.54) is 30.1 Å². The quantitative estimate of drug-likeness (QED) is 0.459. The van der Waals surface area contributed by atoms with E-state index in [1.807, 2.05) is 0 Å². The summed E-state index contributed by atoms with van der Waals surface area (Å²) < 4.78 is 36.1. The van der Waals surface area contributed by atoms with Crippen molar-refractivity contribution in [2.45, 2.75) is 12.6 Å². The molecule has 0 bridgehead atoms. The van der Waals surface area contributed by atoms with Gasteiger partial charge in [-0.25, -0.2) is 0 Å². The van der Waals surface area contributed by atoms with Gasteiger partial charge in [0, 0.05) is 24.2 Å². The van der Waals surface area contributed by atoms with Crippen molar-refractivity contribution in [1.82, 2.24) is 4.90 Å². The molecule has 0 atom stereocenters. The van der Waals surface area contributed by atoms with Gasteiger partial charge in [-0.15, -0.1) is 0 Å². The fourth-order valence-electron chi connectivity index (χ4n) is 1.53. The molecule has 1 aromatic carbocycles. The lowest BCUT2D eigenvalue weighted by atomic mass is 10.1. The van der Waals surface area contributed by atoms with Crippen LogP contribution < -0.4 is 0 Å². The largest absolute Gasteiger partial charge is 0.390 e. The van der Waals surface area contributed by atoms with Crippen LogP contribution in [0.1, 0.15) is 16.8 Å². The number of benzene rings is 1. The predicted molar refractivity (Wildman–Crippen MR) is 65.6 cm³/mol. The van der Waals surface area contributed by atoms with Crippen LogP contribution in [0.4, 0.5) is 18.9 Å². The van der Waals surface area contributed by atoms with E-state index >= 15 is 0 Å². The molecule has 1 rings (SSSR count). The van der Waals surface area contributed by atoms with Gasteiger partial charge in [0.25, 0.3) is 5.69 Å². The number of carbonyl (C=O) groups excluding carboxylic acids is 1. The van der Waals surface area contributed by atoms with Crippen molar-refractivity contribution in [2.75, 3.05) is 20.1 Å². The van der Waals surface area contributed by atoms with E-state index in [-0.39, 0.29) is 24.3 Å². The van der Waals surface area contributed by atoms with Crippen molar-refractivity contribution < 1.29 is 22.9 Å². The van der Waals surface area contributed by atoms with Gasteiger partial charge >= 0.3 is 6.18 Å². The van der Waals surface area contributed by atoms with E-state index < -0.39 is 23.3 Å². The van der Waals surface area contributed by atoms with Crippen molar-refractivity contribution in [1.29, 1.82) is 0 Å². The van der Waals surface area contributed by atoms with Gasteiger partial charge in [0.05, 0.1) is 17.9 Å². The van der Waals surface area contributed by atoms with E-state index in [0.717, 1.165) is 6.07 Å². The molecule has 0 unspecified atom stereocenters. The second-order valence-corrected chi connectivity index (χ2v) is 4.33. The first-order chi connectivity index (χ1) is 9.19. The highest BCUT2D eigenvalue weighted by atomic mass is 19.4. The predicted octanol–water partition coefficient (Wildman–Crippen LogP) is 2.66. The number of nitro groups is 1. The van der Waals surface area contributed by atoms with Crippen molar-refractivity contribution in [2.24, 2.45) is 0 Å². The average molecular weight is 290 g/mol. The molecular weight excluding hydrogens is 277 g/mol. The molecule has 0 heterocycles. The zero-order valence-electron chi connectivity index (χ0n) is 10.7. The van der Waals surface area contributed by atoms with E-state index in [9.17, 15) is 28.1 Å². The number of hydrogen-bond donors (Lipinski definition) is 0. The van der Waals surface area contributed by atoms with Gasteiger partial charge in [-0.1, -0.05) is 12.1 Å². The van der Waals surface area contributed by atoms with Gasteiger partial charge in [0.2, 0.25) is 0 Å². The first-order valence-corrected chi connectivity index (χ1v) is 5.72. The number of carbonyl (C=O) groups is 1. The number of likely N-dealkylation sites (N-methyl/N-ethyl adjacent to an activating group) is 1. The maximum atomic E-state index is 12.0. The standard InChI is InChI=1S/C12H13F3N2O3/c1-16(6-5-12(13,14)15)8-11(18)9-3-2-4-10(7-9)17(19)20/h2-4,7H,5-6,8H2,1H3. The molecule has 0 aliphatic rings. The second kappa shape index (κ2) is 6.47. The molecule has 0 amide bonds. The monoisotopic (exact) mass is 290 g/mol. The summed E-state index contributed by atoms with van der Waals surface area (Å²) in [6, 6.07) is 5.11. The third kappa shape index (κ3) is 5.35. The van der Waals surface area contributed by atoms with E-state index in [2.05, 4.69) is 0 Å². The minimum Gasteiger partial charge on any atom is -0.299 e. The van der Waals surface area contributed by atoms with Crippen LogP contribution in [0.5, 0.6) is 0 Å². The van der Waals surface area contributed by atoms with Crippen molar-refractivity contribution in [3.05, 3.63) is 39.9 Å². The lowest BCUT2D eigenvalue weighted by molar-refractivity contribution is -0.384. The zero-order chi connectivity index (χ0) is 15.3.